The van der Waals surface area contributed by atoms with Gasteiger partial charge in [-0.15, -0.1) is 0 Å². The Labute approximate surface area is 92.1 Å². The van der Waals surface area contributed by atoms with Gasteiger partial charge in [-0.25, -0.2) is 0 Å². The summed E-state index contributed by atoms with van der Waals surface area (Å²) in [6.45, 7) is 10.2. The summed E-state index contributed by atoms with van der Waals surface area (Å²) in [5.74, 6) is 1.22. The molecule has 2 aliphatic heterocycles. The van der Waals surface area contributed by atoms with Crippen molar-refractivity contribution in [1.29, 1.82) is 0 Å². The van der Waals surface area contributed by atoms with Crippen LogP contribution < -0.4 is 0 Å². The van der Waals surface area contributed by atoms with E-state index < -0.39 is 0 Å². The third kappa shape index (κ3) is 2.92. The second kappa shape index (κ2) is 4.40. The zero-order valence-corrected chi connectivity index (χ0v) is 10.1. The average Bonchev–Trinajstić information content (AvgIpc) is 2.94. The Kier molecular flexibility index (Phi) is 3.33. The van der Waals surface area contributed by atoms with Crippen molar-refractivity contribution in [1.82, 2.24) is 0 Å². The van der Waals surface area contributed by atoms with Crippen LogP contribution in [0.25, 0.3) is 0 Å². The van der Waals surface area contributed by atoms with E-state index in [0.29, 0.717) is 36.3 Å². The lowest BCUT2D eigenvalue weighted by Gasteiger charge is -2.01. The van der Waals surface area contributed by atoms with Crippen molar-refractivity contribution in [3.05, 3.63) is 0 Å². The summed E-state index contributed by atoms with van der Waals surface area (Å²) in [4.78, 5) is 0. The molecule has 3 heteroatoms. The summed E-state index contributed by atoms with van der Waals surface area (Å²) in [5, 5.41) is 0. The van der Waals surface area contributed by atoms with E-state index in [2.05, 4.69) is 27.7 Å². The summed E-state index contributed by atoms with van der Waals surface area (Å²) in [6, 6.07) is 0. The minimum absolute atomic E-state index is 0.334. The Bertz CT molecular complexity index is 193. The van der Waals surface area contributed by atoms with Crippen molar-refractivity contribution in [2.24, 2.45) is 11.8 Å². The average molecular weight is 214 g/mol. The van der Waals surface area contributed by atoms with Gasteiger partial charge >= 0.3 is 0 Å². The fraction of sp³-hybridized carbons (Fsp3) is 1.00. The van der Waals surface area contributed by atoms with E-state index in [1.54, 1.807) is 0 Å². The Balaban J connectivity index is 1.51. The van der Waals surface area contributed by atoms with Gasteiger partial charge in [0.15, 0.2) is 0 Å². The molecule has 2 heterocycles. The van der Waals surface area contributed by atoms with E-state index in [1.165, 1.54) is 0 Å². The fourth-order valence-electron chi connectivity index (χ4n) is 2.05. The van der Waals surface area contributed by atoms with Crippen molar-refractivity contribution in [2.75, 3.05) is 13.2 Å². The zero-order chi connectivity index (χ0) is 11.0. The van der Waals surface area contributed by atoms with Crippen LogP contribution in [0, 0.1) is 11.8 Å². The maximum atomic E-state index is 5.59. The SMILES string of the molecule is CC(C)C1OC1COCC1OC1C(C)C. The van der Waals surface area contributed by atoms with E-state index in [4.69, 9.17) is 14.2 Å². The topological polar surface area (TPSA) is 34.3 Å². The molecule has 2 rings (SSSR count). The van der Waals surface area contributed by atoms with E-state index >= 15 is 0 Å². The molecule has 0 aromatic heterocycles. The number of rotatable bonds is 6. The van der Waals surface area contributed by atoms with Crippen LogP contribution in [0.2, 0.25) is 0 Å². The van der Waals surface area contributed by atoms with Gasteiger partial charge in [-0.05, 0) is 11.8 Å². The highest BCUT2D eigenvalue weighted by atomic mass is 16.6. The van der Waals surface area contributed by atoms with Gasteiger partial charge in [0, 0.05) is 0 Å². The molecule has 15 heavy (non-hydrogen) atoms. The summed E-state index contributed by atoms with van der Waals surface area (Å²) in [5.41, 5.74) is 0. The Hall–Kier alpha value is -0.120. The molecule has 0 bridgehead atoms. The Morgan fingerprint density at radius 3 is 1.53 bits per heavy atom. The first kappa shape index (κ1) is 11.4. The number of ether oxygens (including phenoxy) is 3. The van der Waals surface area contributed by atoms with Crippen LogP contribution in [-0.2, 0) is 14.2 Å². The molecule has 0 aromatic carbocycles. The maximum Gasteiger partial charge on any atom is 0.108 e. The predicted molar refractivity (Wildman–Crippen MR) is 57.8 cm³/mol. The molecule has 0 spiro atoms. The number of hydrogen-bond acceptors (Lipinski definition) is 3. The zero-order valence-electron chi connectivity index (χ0n) is 10.1. The lowest BCUT2D eigenvalue weighted by molar-refractivity contribution is 0.102. The Morgan fingerprint density at radius 1 is 0.867 bits per heavy atom. The molecule has 2 saturated heterocycles. The quantitative estimate of drug-likeness (QED) is 0.633. The van der Waals surface area contributed by atoms with Crippen molar-refractivity contribution in [3.8, 4) is 0 Å². The number of epoxide rings is 2. The van der Waals surface area contributed by atoms with Crippen LogP contribution in [0.5, 0.6) is 0 Å². The van der Waals surface area contributed by atoms with E-state index in [9.17, 15) is 0 Å². The second-order valence-electron chi connectivity index (χ2n) is 5.30. The molecular weight excluding hydrogens is 192 g/mol. The van der Waals surface area contributed by atoms with Crippen LogP contribution in [-0.4, -0.2) is 37.6 Å². The highest BCUT2D eigenvalue weighted by Crippen LogP contribution is 2.31. The standard InChI is InChI=1S/C12H22O3/c1-7(2)11-9(14-11)5-13-6-10-12(15-10)8(3)4/h7-12H,5-6H2,1-4H3. The minimum Gasteiger partial charge on any atom is -0.376 e. The summed E-state index contributed by atoms with van der Waals surface area (Å²) in [6.07, 6.45) is 1.51. The van der Waals surface area contributed by atoms with Gasteiger partial charge in [-0.1, -0.05) is 27.7 Å². The third-order valence-corrected chi connectivity index (χ3v) is 3.12. The first-order valence-electron chi connectivity index (χ1n) is 5.98. The summed E-state index contributed by atoms with van der Waals surface area (Å²) in [7, 11) is 0. The molecule has 0 radical (unpaired) electrons. The molecule has 2 fully saturated rings. The first-order chi connectivity index (χ1) is 7.09. The van der Waals surface area contributed by atoms with E-state index in [1.807, 2.05) is 0 Å². The summed E-state index contributed by atoms with van der Waals surface area (Å²) >= 11 is 0. The van der Waals surface area contributed by atoms with Gasteiger partial charge in [0.25, 0.3) is 0 Å². The van der Waals surface area contributed by atoms with Gasteiger partial charge < -0.3 is 14.2 Å². The lowest BCUT2D eigenvalue weighted by Crippen LogP contribution is -2.13. The maximum absolute atomic E-state index is 5.59. The number of hydrogen-bond donors (Lipinski definition) is 0. The fourth-order valence-corrected chi connectivity index (χ4v) is 2.05. The molecule has 88 valence electrons. The van der Waals surface area contributed by atoms with Crippen LogP contribution in [0.4, 0.5) is 0 Å². The molecule has 2 aliphatic rings. The van der Waals surface area contributed by atoms with Crippen molar-refractivity contribution in [3.63, 3.8) is 0 Å². The van der Waals surface area contributed by atoms with Crippen LogP contribution in [0.1, 0.15) is 27.7 Å². The summed E-state index contributed by atoms with van der Waals surface area (Å²) < 4.78 is 16.6. The highest BCUT2D eigenvalue weighted by molar-refractivity contribution is 4.89. The monoisotopic (exact) mass is 214 g/mol. The van der Waals surface area contributed by atoms with Crippen molar-refractivity contribution < 1.29 is 14.2 Å². The van der Waals surface area contributed by atoms with E-state index in [-0.39, 0.29) is 0 Å². The highest BCUT2D eigenvalue weighted by Gasteiger charge is 2.43. The van der Waals surface area contributed by atoms with Crippen LogP contribution >= 0.6 is 0 Å². The first-order valence-corrected chi connectivity index (χ1v) is 5.98. The third-order valence-electron chi connectivity index (χ3n) is 3.12. The van der Waals surface area contributed by atoms with E-state index in [0.717, 1.165) is 13.2 Å². The van der Waals surface area contributed by atoms with Crippen molar-refractivity contribution >= 4 is 0 Å². The minimum atomic E-state index is 0.334. The molecule has 0 aromatic rings. The molecule has 0 saturated carbocycles. The lowest BCUT2D eigenvalue weighted by atomic mass is 10.1. The van der Waals surface area contributed by atoms with Crippen LogP contribution in [0.15, 0.2) is 0 Å². The molecule has 0 amide bonds. The van der Waals surface area contributed by atoms with Gasteiger partial charge in [0.2, 0.25) is 0 Å². The van der Waals surface area contributed by atoms with Gasteiger partial charge in [0.1, 0.15) is 12.2 Å². The normalized spacial score (nSPS) is 38.8. The molecule has 0 aliphatic carbocycles. The molecule has 4 unspecified atom stereocenters. The molecule has 4 atom stereocenters. The smallest absolute Gasteiger partial charge is 0.108 e. The molecular formula is C12H22O3. The van der Waals surface area contributed by atoms with Crippen LogP contribution in [0.3, 0.4) is 0 Å². The van der Waals surface area contributed by atoms with Gasteiger partial charge in [0.05, 0.1) is 25.4 Å². The van der Waals surface area contributed by atoms with Gasteiger partial charge in [-0.2, -0.15) is 0 Å². The molecule has 3 nitrogen and oxygen atoms in total. The van der Waals surface area contributed by atoms with Gasteiger partial charge in [-0.3, -0.25) is 0 Å². The predicted octanol–water partition coefficient (Wildman–Crippen LogP) is 1.85. The van der Waals surface area contributed by atoms with Crippen molar-refractivity contribution in [2.45, 2.75) is 52.1 Å². The second-order valence-corrected chi connectivity index (χ2v) is 5.30. The Morgan fingerprint density at radius 2 is 1.27 bits per heavy atom. The largest absolute Gasteiger partial charge is 0.376 e. The molecule has 0 N–H and O–H groups in total.